The van der Waals surface area contributed by atoms with E-state index in [9.17, 15) is 4.79 Å². The zero-order chi connectivity index (χ0) is 11.8. The molecule has 4 nitrogen and oxygen atoms in total. The molecule has 1 unspecified atom stereocenters. The molecule has 0 aromatic rings. The molecule has 0 radical (unpaired) electrons. The van der Waals surface area contributed by atoms with E-state index < -0.39 is 0 Å². The van der Waals surface area contributed by atoms with Crippen LogP contribution in [0.5, 0.6) is 0 Å². The number of ether oxygens (including phenoxy) is 2. The highest BCUT2D eigenvalue weighted by atomic mass is 16.5. The Labute approximate surface area is 97.9 Å². The molecule has 1 heterocycles. The Morgan fingerprint density at radius 2 is 2.19 bits per heavy atom. The Kier molecular flexibility index (Phi) is 6.61. The molecule has 0 bridgehead atoms. The maximum atomic E-state index is 11.3. The fourth-order valence-corrected chi connectivity index (χ4v) is 2.03. The minimum atomic E-state index is 0.243. The number of rotatable bonds is 7. The van der Waals surface area contributed by atoms with Gasteiger partial charge in [-0.3, -0.25) is 4.79 Å². The fourth-order valence-electron chi connectivity index (χ4n) is 2.03. The Hall–Kier alpha value is -0.450. The molecule has 0 amide bonds. The molecular formula is C12H23NO3. The lowest BCUT2D eigenvalue weighted by molar-refractivity contribution is -0.122. The van der Waals surface area contributed by atoms with Gasteiger partial charge in [0.15, 0.2) is 0 Å². The van der Waals surface area contributed by atoms with Crippen molar-refractivity contribution in [2.45, 2.75) is 19.8 Å². The van der Waals surface area contributed by atoms with Gasteiger partial charge in [-0.2, -0.15) is 0 Å². The molecule has 1 rings (SSSR count). The molecule has 1 fully saturated rings. The normalized spacial score (nSPS) is 22.2. The number of hydrogen-bond donors (Lipinski definition) is 0. The van der Waals surface area contributed by atoms with E-state index >= 15 is 0 Å². The molecule has 4 heteroatoms. The van der Waals surface area contributed by atoms with Gasteiger partial charge < -0.3 is 14.4 Å². The number of ketones is 1. The number of likely N-dealkylation sites (tertiary alicyclic amines) is 1. The van der Waals surface area contributed by atoms with Gasteiger partial charge in [-0.25, -0.2) is 0 Å². The lowest BCUT2D eigenvalue weighted by Crippen LogP contribution is -2.39. The molecule has 0 aliphatic carbocycles. The first-order valence-electron chi connectivity index (χ1n) is 6.03. The van der Waals surface area contributed by atoms with Crippen molar-refractivity contribution in [1.82, 2.24) is 4.90 Å². The zero-order valence-corrected chi connectivity index (χ0v) is 10.4. The molecule has 1 saturated heterocycles. The van der Waals surface area contributed by atoms with Gasteiger partial charge in [0, 0.05) is 26.1 Å². The summed E-state index contributed by atoms with van der Waals surface area (Å²) < 4.78 is 10.3. The van der Waals surface area contributed by atoms with Crippen LogP contribution in [0.15, 0.2) is 0 Å². The molecule has 0 aromatic heterocycles. The molecule has 1 aliphatic heterocycles. The number of nitrogens with zero attached hydrogens (tertiary/aromatic N) is 1. The van der Waals surface area contributed by atoms with Gasteiger partial charge in [0.25, 0.3) is 0 Å². The third kappa shape index (κ3) is 5.05. The van der Waals surface area contributed by atoms with Crippen molar-refractivity contribution in [3.05, 3.63) is 0 Å². The van der Waals surface area contributed by atoms with Crippen LogP contribution in [0.3, 0.4) is 0 Å². The van der Waals surface area contributed by atoms with Gasteiger partial charge in [0.2, 0.25) is 0 Å². The van der Waals surface area contributed by atoms with Crippen LogP contribution < -0.4 is 0 Å². The van der Waals surface area contributed by atoms with Crippen LogP contribution >= 0.6 is 0 Å². The van der Waals surface area contributed by atoms with E-state index in [1.54, 1.807) is 14.0 Å². The topological polar surface area (TPSA) is 38.8 Å². The van der Waals surface area contributed by atoms with E-state index in [-0.39, 0.29) is 5.92 Å². The number of carbonyl (C=O) groups is 1. The molecular weight excluding hydrogens is 206 g/mol. The SMILES string of the molecule is COCCOCCN1CCCC(C(C)=O)C1. The third-order valence-electron chi connectivity index (χ3n) is 3.06. The lowest BCUT2D eigenvalue weighted by Gasteiger charge is -2.31. The van der Waals surface area contributed by atoms with Crippen LogP contribution in [0, 0.1) is 5.92 Å². The van der Waals surface area contributed by atoms with Crippen molar-refractivity contribution in [1.29, 1.82) is 0 Å². The monoisotopic (exact) mass is 229 g/mol. The van der Waals surface area contributed by atoms with Crippen molar-refractivity contribution in [2.24, 2.45) is 5.92 Å². The predicted molar refractivity (Wildman–Crippen MR) is 62.5 cm³/mol. The molecule has 16 heavy (non-hydrogen) atoms. The molecule has 1 aliphatic rings. The average Bonchev–Trinajstić information content (AvgIpc) is 2.29. The zero-order valence-electron chi connectivity index (χ0n) is 10.4. The summed E-state index contributed by atoms with van der Waals surface area (Å²) in [5.41, 5.74) is 0. The van der Waals surface area contributed by atoms with Crippen LogP contribution in [-0.4, -0.2) is 57.2 Å². The van der Waals surface area contributed by atoms with Crippen LogP contribution in [0.2, 0.25) is 0 Å². The maximum absolute atomic E-state index is 11.3. The van der Waals surface area contributed by atoms with Gasteiger partial charge in [-0.05, 0) is 26.3 Å². The summed E-state index contributed by atoms with van der Waals surface area (Å²) in [5.74, 6) is 0.567. The molecule has 0 aromatic carbocycles. The molecule has 0 N–H and O–H groups in total. The van der Waals surface area contributed by atoms with Crippen LogP contribution in [0.1, 0.15) is 19.8 Å². The van der Waals surface area contributed by atoms with Crippen molar-refractivity contribution in [2.75, 3.05) is 46.6 Å². The van der Waals surface area contributed by atoms with Gasteiger partial charge in [-0.15, -0.1) is 0 Å². The van der Waals surface area contributed by atoms with E-state index in [1.165, 1.54) is 0 Å². The first kappa shape index (κ1) is 13.6. The number of Topliss-reactive ketones (excluding diaryl/α,β-unsaturated/α-hetero) is 1. The van der Waals surface area contributed by atoms with Gasteiger partial charge >= 0.3 is 0 Å². The van der Waals surface area contributed by atoms with Crippen molar-refractivity contribution < 1.29 is 14.3 Å². The van der Waals surface area contributed by atoms with E-state index in [2.05, 4.69) is 4.90 Å². The van der Waals surface area contributed by atoms with Crippen LogP contribution in [0.4, 0.5) is 0 Å². The third-order valence-corrected chi connectivity index (χ3v) is 3.06. The highest BCUT2D eigenvalue weighted by Gasteiger charge is 2.22. The summed E-state index contributed by atoms with van der Waals surface area (Å²) in [6, 6.07) is 0. The number of piperidine rings is 1. The number of carbonyl (C=O) groups excluding carboxylic acids is 1. The first-order valence-corrected chi connectivity index (χ1v) is 6.03. The molecule has 0 spiro atoms. The van der Waals surface area contributed by atoms with E-state index in [0.717, 1.165) is 39.1 Å². The second-order valence-electron chi connectivity index (χ2n) is 4.36. The largest absolute Gasteiger partial charge is 0.382 e. The van der Waals surface area contributed by atoms with Crippen molar-refractivity contribution in [3.63, 3.8) is 0 Å². The van der Waals surface area contributed by atoms with Gasteiger partial charge in [-0.1, -0.05) is 0 Å². The maximum Gasteiger partial charge on any atom is 0.134 e. The van der Waals surface area contributed by atoms with Gasteiger partial charge in [0.05, 0.1) is 19.8 Å². The minimum absolute atomic E-state index is 0.243. The second-order valence-corrected chi connectivity index (χ2v) is 4.36. The standard InChI is InChI=1S/C12H23NO3/c1-11(14)12-4-3-5-13(10-12)6-7-16-9-8-15-2/h12H,3-10H2,1-2H3. The molecule has 1 atom stereocenters. The Balaban J connectivity index is 2.10. The smallest absolute Gasteiger partial charge is 0.134 e. The van der Waals surface area contributed by atoms with Crippen LogP contribution in [-0.2, 0) is 14.3 Å². The molecule has 0 saturated carbocycles. The Morgan fingerprint density at radius 3 is 2.88 bits per heavy atom. The fraction of sp³-hybridized carbons (Fsp3) is 0.917. The minimum Gasteiger partial charge on any atom is -0.382 e. The summed E-state index contributed by atoms with van der Waals surface area (Å²) in [4.78, 5) is 13.6. The summed E-state index contributed by atoms with van der Waals surface area (Å²) >= 11 is 0. The van der Waals surface area contributed by atoms with Crippen LogP contribution in [0.25, 0.3) is 0 Å². The van der Waals surface area contributed by atoms with Crippen molar-refractivity contribution in [3.8, 4) is 0 Å². The Morgan fingerprint density at radius 1 is 1.38 bits per heavy atom. The van der Waals surface area contributed by atoms with Gasteiger partial charge in [0.1, 0.15) is 5.78 Å². The van der Waals surface area contributed by atoms with E-state index in [4.69, 9.17) is 9.47 Å². The number of hydrogen-bond acceptors (Lipinski definition) is 4. The summed E-state index contributed by atoms with van der Waals surface area (Å²) in [6.45, 7) is 6.65. The predicted octanol–water partition coefficient (Wildman–Crippen LogP) is 0.950. The lowest BCUT2D eigenvalue weighted by atomic mass is 9.95. The van der Waals surface area contributed by atoms with E-state index in [0.29, 0.717) is 19.0 Å². The summed E-state index contributed by atoms with van der Waals surface area (Å²) in [7, 11) is 1.67. The Bertz CT molecular complexity index is 208. The molecule has 94 valence electrons. The summed E-state index contributed by atoms with van der Waals surface area (Å²) in [5, 5.41) is 0. The highest BCUT2D eigenvalue weighted by molar-refractivity contribution is 5.78. The second kappa shape index (κ2) is 7.76. The number of methoxy groups -OCH3 is 1. The quantitative estimate of drug-likeness (QED) is 0.609. The highest BCUT2D eigenvalue weighted by Crippen LogP contribution is 2.16. The summed E-state index contributed by atoms with van der Waals surface area (Å²) in [6.07, 6.45) is 2.18. The van der Waals surface area contributed by atoms with E-state index in [1.807, 2.05) is 0 Å². The van der Waals surface area contributed by atoms with Crippen molar-refractivity contribution >= 4 is 5.78 Å². The average molecular weight is 229 g/mol. The first-order chi connectivity index (χ1) is 7.74.